The van der Waals surface area contributed by atoms with E-state index in [1.54, 1.807) is 16.7 Å². The van der Waals surface area contributed by atoms with Gasteiger partial charge in [0.25, 0.3) is 5.91 Å². The molecular weight excluding hydrogens is 336 g/mol. The van der Waals surface area contributed by atoms with Crippen LogP contribution in [0.3, 0.4) is 0 Å². The number of nitrogens with one attached hydrogen (secondary N) is 1. The number of amides is 2. The summed E-state index contributed by atoms with van der Waals surface area (Å²) in [7, 11) is 0. The first-order chi connectivity index (χ1) is 12.6. The van der Waals surface area contributed by atoms with Gasteiger partial charge in [0.05, 0.1) is 18.7 Å². The summed E-state index contributed by atoms with van der Waals surface area (Å²) in [6, 6.07) is 4.74. The Morgan fingerprint density at radius 2 is 2.04 bits per heavy atom. The first-order valence-electron chi connectivity index (χ1n) is 8.60. The molecule has 26 heavy (non-hydrogen) atoms. The van der Waals surface area contributed by atoms with E-state index in [0.717, 1.165) is 18.7 Å². The lowest BCUT2D eigenvalue weighted by Gasteiger charge is -2.31. The molecule has 3 N–H and O–H groups in total. The van der Waals surface area contributed by atoms with Crippen molar-refractivity contribution >= 4 is 22.7 Å². The summed E-state index contributed by atoms with van der Waals surface area (Å²) < 4.78 is 7.11. The summed E-state index contributed by atoms with van der Waals surface area (Å²) in [6.45, 7) is 3.52. The van der Waals surface area contributed by atoms with Crippen molar-refractivity contribution in [1.29, 1.82) is 0 Å². The van der Waals surface area contributed by atoms with E-state index in [0.29, 0.717) is 37.2 Å². The molecule has 8 nitrogen and oxygen atoms in total. The molecule has 3 heterocycles. The van der Waals surface area contributed by atoms with Gasteiger partial charge in [-0.05, 0) is 11.6 Å². The number of nitrogens with two attached hydrogens (primary N) is 1. The molecule has 1 saturated heterocycles. The van der Waals surface area contributed by atoms with Crippen LogP contribution in [-0.4, -0.2) is 54.1 Å². The van der Waals surface area contributed by atoms with E-state index in [4.69, 9.17) is 10.5 Å². The Bertz CT molecular complexity index is 946. The number of rotatable bonds is 3. The molecule has 4 rings (SSSR count). The number of aromatic nitrogens is 1. The highest BCUT2D eigenvalue weighted by Crippen LogP contribution is 2.25. The number of pyridine rings is 1. The third kappa shape index (κ3) is 2.77. The van der Waals surface area contributed by atoms with Gasteiger partial charge in [-0.25, -0.2) is 0 Å². The van der Waals surface area contributed by atoms with Crippen molar-refractivity contribution in [3.05, 3.63) is 45.7 Å². The zero-order valence-corrected chi connectivity index (χ0v) is 14.2. The van der Waals surface area contributed by atoms with E-state index in [1.807, 2.05) is 6.07 Å². The topological polar surface area (TPSA) is 107 Å². The van der Waals surface area contributed by atoms with E-state index in [1.165, 1.54) is 6.20 Å². The molecule has 0 radical (unpaired) electrons. The summed E-state index contributed by atoms with van der Waals surface area (Å²) in [5, 5.41) is 3.33. The number of primary amides is 1. The molecule has 136 valence electrons. The van der Waals surface area contributed by atoms with Crippen LogP contribution in [0, 0.1) is 0 Å². The Morgan fingerprint density at radius 1 is 1.27 bits per heavy atom. The standard InChI is InChI=1S/C18H20N4O4/c19-17(24)13-9-22-14(10-21-4-6-26-7-5-21)18(25)20-8-11-2-1-3-12(15(11)22)16(13)23/h1-3,9,14H,4-8,10H2,(H2,19,24)(H,20,25). The third-order valence-electron chi connectivity index (χ3n) is 5.03. The molecule has 8 heteroatoms. The maximum absolute atomic E-state index is 12.8. The molecule has 2 aliphatic rings. The minimum atomic E-state index is -0.791. The smallest absolute Gasteiger partial charge is 0.254 e. The van der Waals surface area contributed by atoms with Crippen molar-refractivity contribution in [3.8, 4) is 0 Å². The second-order valence-electron chi connectivity index (χ2n) is 6.60. The highest BCUT2D eigenvalue weighted by Gasteiger charge is 2.29. The molecule has 2 aromatic rings. The van der Waals surface area contributed by atoms with Gasteiger partial charge in [0, 0.05) is 37.8 Å². The lowest BCUT2D eigenvalue weighted by atomic mass is 10.1. The van der Waals surface area contributed by atoms with E-state index < -0.39 is 17.4 Å². The average molecular weight is 356 g/mol. The molecule has 1 atom stereocenters. The summed E-state index contributed by atoms with van der Waals surface area (Å²) in [5.74, 6) is -0.936. The first-order valence-corrected chi connectivity index (χ1v) is 8.60. The van der Waals surface area contributed by atoms with Crippen molar-refractivity contribution in [2.45, 2.75) is 12.6 Å². The van der Waals surface area contributed by atoms with Gasteiger partial charge in [-0.3, -0.25) is 19.3 Å². The number of para-hydroxylation sites is 1. The van der Waals surface area contributed by atoms with E-state index in [2.05, 4.69) is 10.2 Å². The molecule has 1 aromatic heterocycles. The summed E-state index contributed by atoms with van der Waals surface area (Å²) in [5.41, 5.74) is 6.43. The Balaban J connectivity index is 1.90. The van der Waals surface area contributed by atoms with Gasteiger partial charge >= 0.3 is 0 Å². The van der Waals surface area contributed by atoms with Crippen molar-refractivity contribution in [3.63, 3.8) is 0 Å². The quantitative estimate of drug-likeness (QED) is 0.779. The van der Waals surface area contributed by atoms with Gasteiger partial charge in [0.2, 0.25) is 11.3 Å². The largest absolute Gasteiger partial charge is 0.379 e. The number of nitrogens with zero attached hydrogens (tertiary/aromatic N) is 2. The van der Waals surface area contributed by atoms with E-state index >= 15 is 0 Å². The number of carbonyl (C=O) groups excluding carboxylic acids is 2. The van der Waals surface area contributed by atoms with E-state index in [-0.39, 0.29) is 11.5 Å². The average Bonchev–Trinajstić information content (AvgIpc) is 2.77. The molecular formula is C18H20N4O4. The first kappa shape index (κ1) is 16.7. The van der Waals surface area contributed by atoms with Gasteiger partial charge in [0.15, 0.2) is 0 Å². The fourth-order valence-corrected chi connectivity index (χ4v) is 3.68. The molecule has 0 aliphatic carbocycles. The number of ether oxygens (including phenoxy) is 1. The Hall–Kier alpha value is -2.71. The predicted molar refractivity (Wildman–Crippen MR) is 94.9 cm³/mol. The minimum absolute atomic E-state index is 0.101. The van der Waals surface area contributed by atoms with Gasteiger partial charge in [-0.2, -0.15) is 0 Å². The van der Waals surface area contributed by atoms with Crippen molar-refractivity contribution in [1.82, 2.24) is 14.8 Å². The molecule has 0 saturated carbocycles. The number of hydrogen-bond acceptors (Lipinski definition) is 5. The highest BCUT2D eigenvalue weighted by molar-refractivity contribution is 5.98. The Morgan fingerprint density at radius 3 is 2.77 bits per heavy atom. The fourth-order valence-electron chi connectivity index (χ4n) is 3.68. The SMILES string of the molecule is NC(=O)c1cn2c3c(cccc3c1=O)CNC(=O)C2CN1CCOCC1. The molecule has 1 fully saturated rings. The van der Waals surface area contributed by atoms with Gasteiger partial charge in [0.1, 0.15) is 11.6 Å². The fraction of sp³-hybridized carbons (Fsp3) is 0.389. The van der Waals surface area contributed by atoms with Crippen LogP contribution >= 0.6 is 0 Å². The summed E-state index contributed by atoms with van der Waals surface area (Å²) >= 11 is 0. The normalized spacial score (nSPS) is 20.6. The van der Waals surface area contributed by atoms with Crippen molar-refractivity contribution < 1.29 is 14.3 Å². The zero-order valence-electron chi connectivity index (χ0n) is 14.2. The second-order valence-corrected chi connectivity index (χ2v) is 6.60. The zero-order chi connectivity index (χ0) is 18.3. The van der Waals surface area contributed by atoms with Crippen LogP contribution in [0.25, 0.3) is 10.9 Å². The van der Waals surface area contributed by atoms with E-state index in [9.17, 15) is 14.4 Å². The molecule has 2 aliphatic heterocycles. The van der Waals surface area contributed by atoms with Gasteiger partial charge in [-0.1, -0.05) is 12.1 Å². The third-order valence-corrected chi connectivity index (χ3v) is 5.03. The van der Waals surface area contributed by atoms with Gasteiger partial charge < -0.3 is 20.4 Å². The second kappa shape index (κ2) is 6.54. The van der Waals surface area contributed by atoms with Crippen molar-refractivity contribution in [2.24, 2.45) is 5.73 Å². The number of hydrogen-bond donors (Lipinski definition) is 2. The van der Waals surface area contributed by atoms with Crippen LogP contribution in [0.2, 0.25) is 0 Å². The minimum Gasteiger partial charge on any atom is -0.379 e. The lowest BCUT2D eigenvalue weighted by Crippen LogP contribution is -2.44. The summed E-state index contributed by atoms with van der Waals surface area (Å²) in [6.07, 6.45) is 1.44. The summed E-state index contributed by atoms with van der Waals surface area (Å²) in [4.78, 5) is 39.4. The molecule has 0 bridgehead atoms. The van der Waals surface area contributed by atoms with Gasteiger partial charge in [-0.15, -0.1) is 0 Å². The monoisotopic (exact) mass is 356 g/mol. The Labute approximate surface area is 149 Å². The van der Waals surface area contributed by atoms with Crippen LogP contribution in [0.15, 0.2) is 29.2 Å². The molecule has 1 aromatic carbocycles. The van der Waals surface area contributed by atoms with Crippen LogP contribution in [-0.2, 0) is 16.1 Å². The Kier molecular flexibility index (Phi) is 4.21. The van der Waals surface area contributed by atoms with Crippen LogP contribution in [0.1, 0.15) is 22.0 Å². The number of morpholine rings is 1. The predicted octanol–water partition coefficient (Wildman–Crippen LogP) is -0.396. The lowest BCUT2D eigenvalue weighted by molar-refractivity contribution is -0.125. The highest BCUT2D eigenvalue weighted by atomic mass is 16.5. The molecule has 0 spiro atoms. The maximum atomic E-state index is 12.8. The molecule has 2 amide bonds. The maximum Gasteiger partial charge on any atom is 0.254 e. The van der Waals surface area contributed by atoms with Crippen LogP contribution in [0.5, 0.6) is 0 Å². The number of benzene rings is 1. The number of carbonyl (C=O) groups is 2. The van der Waals surface area contributed by atoms with Crippen LogP contribution in [0.4, 0.5) is 0 Å². The van der Waals surface area contributed by atoms with Crippen LogP contribution < -0.4 is 16.5 Å². The molecule has 1 unspecified atom stereocenters. The van der Waals surface area contributed by atoms with Crippen molar-refractivity contribution in [2.75, 3.05) is 32.8 Å².